The molecular formula is C18H24F3N3O3. The Hall–Kier alpha value is -2.03. The smallest absolute Gasteiger partial charge is 0.254 e. The number of nitrogens with one attached hydrogen (secondary N) is 2. The Bertz CT molecular complexity index is 681. The van der Waals surface area contributed by atoms with Crippen LogP contribution in [0, 0.1) is 5.82 Å². The average molecular weight is 387 g/mol. The number of rotatable bonds is 6. The third-order valence-corrected chi connectivity index (χ3v) is 4.88. The van der Waals surface area contributed by atoms with E-state index in [9.17, 15) is 18.0 Å². The lowest BCUT2D eigenvalue weighted by molar-refractivity contribution is -0.122. The van der Waals surface area contributed by atoms with E-state index in [-0.39, 0.29) is 36.7 Å². The van der Waals surface area contributed by atoms with Crippen molar-refractivity contribution in [1.82, 2.24) is 15.6 Å². The third kappa shape index (κ3) is 5.03. The van der Waals surface area contributed by atoms with Crippen LogP contribution in [-0.2, 0) is 11.3 Å². The van der Waals surface area contributed by atoms with Crippen molar-refractivity contribution < 1.29 is 27.4 Å². The van der Waals surface area contributed by atoms with Gasteiger partial charge in [-0.2, -0.15) is 4.98 Å². The summed E-state index contributed by atoms with van der Waals surface area (Å²) in [4.78, 5) is 16.0. The van der Waals surface area contributed by atoms with Crippen LogP contribution in [0.5, 0.6) is 11.8 Å². The van der Waals surface area contributed by atoms with Crippen molar-refractivity contribution in [3.05, 3.63) is 17.4 Å². The number of hydrogen-bond acceptors (Lipinski definition) is 5. The summed E-state index contributed by atoms with van der Waals surface area (Å²) >= 11 is 0. The maximum absolute atomic E-state index is 14.4. The molecular weight excluding hydrogens is 363 g/mol. The number of aromatic nitrogens is 1. The topological polar surface area (TPSA) is 72.5 Å². The molecule has 3 rings (SSSR count). The number of amides is 1. The molecule has 2 N–H and O–H groups in total. The zero-order valence-corrected chi connectivity index (χ0v) is 15.2. The summed E-state index contributed by atoms with van der Waals surface area (Å²) in [5, 5.41) is 5.81. The van der Waals surface area contributed by atoms with Gasteiger partial charge in [-0.1, -0.05) is 0 Å². The lowest BCUT2D eigenvalue weighted by Gasteiger charge is -2.29. The lowest BCUT2D eigenvalue weighted by atomic mass is 9.94. The molecule has 1 saturated carbocycles. The molecule has 2 atom stereocenters. The molecule has 1 aromatic heterocycles. The van der Waals surface area contributed by atoms with E-state index in [4.69, 9.17) is 9.47 Å². The summed E-state index contributed by atoms with van der Waals surface area (Å²) in [6, 6.07) is 0.911. The second kappa shape index (κ2) is 8.33. The largest absolute Gasteiger partial charge is 0.481 e. The number of nitrogens with zero attached hydrogens (tertiary/aromatic N) is 1. The molecule has 0 radical (unpaired) electrons. The molecule has 1 amide bonds. The molecule has 2 unspecified atom stereocenters. The summed E-state index contributed by atoms with van der Waals surface area (Å²) in [6.07, 6.45) is 1.00. The van der Waals surface area contributed by atoms with Crippen molar-refractivity contribution in [2.24, 2.45) is 0 Å². The molecule has 1 saturated heterocycles. The van der Waals surface area contributed by atoms with Crippen LogP contribution >= 0.6 is 0 Å². The maximum atomic E-state index is 14.4. The Morgan fingerprint density at radius 1 is 1.37 bits per heavy atom. The van der Waals surface area contributed by atoms with E-state index < -0.39 is 24.3 Å². The van der Waals surface area contributed by atoms with Crippen LogP contribution in [0.2, 0.25) is 0 Å². The summed E-state index contributed by atoms with van der Waals surface area (Å²) in [5.41, 5.74) is 0.350. The number of carbonyl (C=O) groups is 1. The Kier molecular flexibility index (Phi) is 6.08. The van der Waals surface area contributed by atoms with Crippen LogP contribution in [0.3, 0.4) is 0 Å². The zero-order valence-electron chi connectivity index (χ0n) is 15.2. The second-order valence-corrected chi connectivity index (χ2v) is 7.00. The fourth-order valence-electron chi connectivity index (χ4n) is 3.48. The highest BCUT2D eigenvalue weighted by Gasteiger charge is 2.38. The lowest BCUT2D eigenvalue weighted by Crippen LogP contribution is -2.40. The summed E-state index contributed by atoms with van der Waals surface area (Å²) in [7, 11) is 1.36. The van der Waals surface area contributed by atoms with Crippen molar-refractivity contribution in [1.29, 1.82) is 0 Å². The number of alkyl halides is 2. The van der Waals surface area contributed by atoms with Gasteiger partial charge in [-0.25, -0.2) is 13.2 Å². The summed E-state index contributed by atoms with van der Waals surface area (Å²) in [5.74, 6) is -4.01. The molecule has 0 spiro atoms. The van der Waals surface area contributed by atoms with Gasteiger partial charge in [-0.3, -0.25) is 4.79 Å². The molecule has 1 aromatic rings. The molecule has 6 nitrogen and oxygen atoms in total. The molecule has 1 aliphatic heterocycles. The van der Waals surface area contributed by atoms with Gasteiger partial charge in [0, 0.05) is 24.9 Å². The number of ether oxygens (including phenoxy) is 2. The first-order valence-electron chi connectivity index (χ1n) is 9.17. The molecule has 150 valence electrons. The highest BCUT2D eigenvalue weighted by atomic mass is 19.3. The first-order valence-corrected chi connectivity index (χ1v) is 9.17. The fraction of sp³-hybridized carbons (Fsp3) is 0.667. The minimum absolute atomic E-state index is 0.0475. The highest BCUT2D eigenvalue weighted by Crippen LogP contribution is 2.35. The van der Waals surface area contributed by atoms with Gasteiger partial charge in [0.1, 0.15) is 6.10 Å². The first-order chi connectivity index (χ1) is 12.9. The van der Waals surface area contributed by atoms with Crippen LogP contribution < -0.4 is 20.1 Å². The normalized spacial score (nSPS) is 24.4. The van der Waals surface area contributed by atoms with Crippen LogP contribution in [-0.4, -0.2) is 42.6 Å². The molecule has 27 heavy (non-hydrogen) atoms. The van der Waals surface area contributed by atoms with Crippen molar-refractivity contribution >= 4 is 5.91 Å². The monoisotopic (exact) mass is 387 g/mol. The van der Waals surface area contributed by atoms with Crippen molar-refractivity contribution in [3.8, 4) is 11.8 Å². The standard InChI is InChI=1S/C18H24F3N3O3/c1-26-16-11(10-23-15(25)14-5-3-7-22-14)8-13(19)17(24-16)27-12-4-2-6-18(20,21)9-12/h8,12,14,22H,2-7,9-10H2,1H3,(H,23,25). The SMILES string of the molecule is COc1nc(OC2CCCC(F)(F)C2)c(F)cc1CNC(=O)C1CCCN1. The summed E-state index contributed by atoms with van der Waals surface area (Å²) in [6.45, 7) is 0.843. The molecule has 0 bridgehead atoms. The van der Waals surface area contributed by atoms with E-state index >= 15 is 0 Å². The number of hydrogen-bond donors (Lipinski definition) is 2. The van der Waals surface area contributed by atoms with Gasteiger partial charge in [0.2, 0.25) is 11.8 Å². The van der Waals surface area contributed by atoms with E-state index in [0.717, 1.165) is 25.5 Å². The van der Waals surface area contributed by atoms with Crippen LogP contribution in [0.1, 0.15) is 44.1 Å². The van der Waals surface area contributed by atoms with E-state index in [1.807, 2.05) is 0 Å². The van der Waals surface area contributed by atoms with Crippen molar-refractivity contribution in [3.63, 3.8) is 0 Å². The van der Waals surface area contributed by atoms with E-state index in [0.29, 0.717) is 18.4 Å². The number of pyridine rings is 1. The summed E-state index contributed by atoms with van der Waals surface area (Å²) < 4.78 is 51.9. The number of halogens is 3. The molecule has 2 heterocycles. The van der Waals surface area contributed by atoms with Gasteiger partial charge in [0.15, 0.2) is 5.82 Å². The van der Waals surface area contributed by atoms with Gasteiger partial charge in [-0.15, -0.1) is 0 Å². The van der Waals surface area contributed by atoms with Gasteiger partial charge in [0.25, 0.3) is 11.8 Å². The van der Waals surface area contributed by atoms with E-state index in [1.54, 1.807) is 0 Å². The quantitative estimate of drug-likeness (QED) is 0.785. The average Bonchev–Trinajstić information content (AvgIpc) is 3.15. The van der Waals surface area contributed by atoms with E-state index in [1.165, 1.54) is 7.11 Å². The Morgan fingerprint density at radius 3 is 2.85 bits per heavy atom. The molecule has 1 aliphatic carbocycles. The zero-order chi connectivity index (χ0) is 19.4. The van der Waals surface area contributed by atoms with Crippen LogP contribution in [0.15, 0.2) is 6.07 Å². The molecule has 9 heteroatoms. The predicted molar refractivity (Wildman–Crippen MR) is 91.4 cm³/mol. The molecule has 2 fully saturated rings. The van der Waals surface area contributed by atoms with Crippen molar-refractivity contribution in [2.45, 2.75) is 63.1 Å². The highest BCUT2D eigenvalue weighted by molar-refractivity contribution is 5.82. The predicted octanol–water partition coefficient (Wildman–Crippen LogP) is 2.55. The van der Waals surface area contributed by atoms with Gasteiger partial charge >= 0.3 is 0 Å². The minimum atomic E-state index is -2.80. The first kappa shape index (κ1) is 19.7. The Balaban J connectivity index is 1.66. The minimum Gasteiger partial charge on any atom is -0.481 e. The second-order valence-electron chi connectivity index (χ2n) is 7.00. The Labute approximate surface area is 155 Å². The number of carbonyl (C=O) groups excluding carboxylic acids is 1. The molecule has 2 aliphatic rings. The van der Waals surface area contributed by atoms with Gasteiger partial charge < -0.3 is 20.1 Å². The third-order valence-electron chi connectivity index (χ3n) is 4.88. The van der Waals surface area contributed by atoms with Crippen LogP contribution in [0.25, 0.3) is 0 Å². The number of methoxy groups -OCH3 is 1. The van der Waals surface area contributed by atoms with E-state index in [2.05, 4.69) is 15.6 Å². The fourth-order valence-corrected chi connectivity index (χ4v) is 3.48. The Morgan fingerprint density at radius 2 is 2.19 bits per heavy atom. The molecule has 0 aromatic carbocycles. The van der Waals surface area contributed by atoms with Gasteiger partial charge in [-0.05, 0) is 38.3 Å². The van der Waals surface area contributed by atoms with Gasteiger partial charge in [0.05, 0.1) is 13.2 Å². The maximum Gasteiger partial charge on any atom is 0.254 e. The van der Waals surface area contributed by atoms with Crippen LogP contribution in [0.4, 0.5) is 13.2 Å². The van der Waals surface area contributed by atoms with Crippen molar-refractivity contribution in [2.75, 3.05) is 13.7 Å².